The van der Waals surface area contributed by atoms with Crippen molar-refractivity contribution in [1.29, 1.82) is 0 Å². The van der Waals surface area contributed by atoms with Crippen molar-refractivity contribution in [2.45, 2.75) is 53.4 Å². The van der Waals surface area contributed by atoms with Crippen LogP contribution in [0, 0.1) is 0 Å². The predicted molar refractivity (Wildman–Crippen MR) is 143 cm³/mol. The number of hydrogen-bond acceptors (Lipinski definition) is 2. The summed E-state index contributed by atoms with van der Waals surface area (Å²) in [4.78, 5) is 9.20. The Bertz CT molecular complexity index is 924. The molecule has 2 nitrogen and oxygen atoms in total. The van der Waals surface area contributed by atoms with E-state index in [0.29, 0.717) is 11.8 Å². The molecule has 0 saturated carbocycles. The molecule has 0 heterocycles. The SMILES string of the molecule is C\C=C/C(=C/C=Nc1ccc(C(C)C)cc1)C(/C=C\C)=C/C=Nc1ccc(C(C)C)cc1. The summed E-state index contributed by atoms with van der Waals surface area (Å²) in [5.74, 6) is 1.05. The Morgan fingerprint density at radius 3 is 1.22 bits per heavy atom. The van der Waals surface area contributed by atoms with E-state index < -0.39 is 0 Å². The zero-order chi connectivity index (χ0) is 23.3. The molecular formula is C30H36N2. The molecule has 2 heteroatoms. The third-order valence-electron chi connectivity index (χ3n) is 5.10. The van der Waals surface area contributed by atoms with Gasteiger partial charge in [0.25, 0.3) is 0 Å². The van der Waals surface area contributed by atoms with E-state index in [4.69, 9.17) is 0 Å². The molecular weight excluding hydrogens is 388 g/mol. The van der Waals surface area contributed by atoms with E-state index in [1.165, 1.54) is 11.1 Å². The molecule has 0 saturated heterocycles. The summed E-state index contributed by atoms with van der Waals surface area (Å²) in [5, 5.41) is 0. The van der Waals surface area contributed by atoms with Crippen molar-refractivity contribution in [3.8, 4) is 0 Å². The average molecular weight is 425 g/mol. The number of benzene rings is 2. The highest BCUT2D eigenvalue weighted by molar-refractivity contribution is 5.82. The van der Waals surface area contributed by atoms with Crippen LogP contribution in [0.25, 0.3) is 0 Å². The van der Waals surface area contributed by atoms with Gasteiger partial charge in [-0.15, -0.1) is 0 Å². The molecule has 0 amide bonds. The lowest BCUT2D eigenvalue weighted by Crippen LogP contribution is -1.87. The van der Waals surface area contributed by atoms with Crippen molar-refractivity contribution in [1.82, 2.24) is 0 Å². The van der Waals surface area contributed by atoms with E-state index in [2.05, 4.69) is 98.4 Å². The lowest BCUT2D eigenvalue weighted by molar-refractivity contribution is 0.867. The van der Waals surface area contributed by atoms with Crippen molar-refractivity contribution in [3.63, 3.8) is 0 Å². The number of hydrogen-bond donors (Lipinski definition) is 0. The summed E-state index contributed by atoms with van der Waals surface area (Å²) in [6, 6.07) is 16.8. The van der Waals surface area contributed by atoms with Crippen molar-refractivity contribution in [3.05, 3.63) is 107 Å². The Morgan fingerprint density at radius 1 is 0.594 bits per heavy atom. The van der Waals surface area contributed by atoms with Gasteiger partial charge in [0.05, 0.1) is 11.4 Å². The van der Waals surface area contributed by atoms with Gasteiger partial charge in [-0.2, -0.15) is 0 Å². The molecule has 0 aliphatic carbocycles. The van der Waals surface area contributed by atoms with E-state index in [9.17, 15) is 0 Å². The van der Waals surface area contributed by atoms with Crippen LogP contribution >= 0.6 is 0 Å². The monoisotopic (exact) mass is 424 g/mol. The minimum absolute atomic E-state index is 0.526. The number of rotatable bonds is 9. The van der Waals surface area contributed by atoms with Crippen molar-refractivity contribution in [2.24, 2.45) is 9.98 Å². The van der Waals surface area contributed by atoms with Gasteiger partial charge in [-0.25, -0.2) is 0 Å². The second-order valence-electron chi connectivity index (χ2n) is 8.29. The molecule has 2 rings (SSSR count). The Balaban J connectivity index is 2.22. The second kappa shape index (κ2) is 13.2. The highest BCUT2D eigenvalue weighted by Crippen LogP contribution is 2.20. The maximum atomic E-state index is 4.60. The fourth-order valence-electron chi connectivity index (χ4n) is 3.15. The first-order chi connectivity index (χ1) is 15.4. The molecule has 166 valence electrons. The Hall–Kier alpha value is -3.26. The number of aliphatic imine (C=N–C) groups is 2. The normalized spacial score (nSPS) is 13.8. The zero-order valence-electron chi connectivity index (χ0n) is 20.3. The van der Waals surface area contributed by atoms with Gasteiger partial charge in [-0.1, -0.05) is 76.3 Å². The van der Waals surface area contributed by atoms with Gasteiger partial charge >= 0.3 is 0 Å². The molecule has 32 heavy (non-hydrogen) atoms. The lowest BCUT2D eigenvalue weighted by Gasteiger charge is -2.05. The first-order valence-corrected chi connectivity index (χ1v) is 11.4. The largest absolute Gasteiger partial charge is 0.257 e. The summed E-state index contributed by atoms with van der Waals surface area (Å²) >= 11 is 0. The Kier molecular flexibility index (Phi) is 10.3. The minimum Gasteiger partial charge on any atom is -0.257 e. The van der Waals surface area contributed by atoms with Crippen LogP contribution in [0.2, 0.25) is 0 Å². The summed E-state index contributed by atoms with van der Waals surface area (Å²) in [6.07, 6.45) is 16.0. The van der Waals surface area contributed by atoms with E-state index in [1.54, 1.807) is 0 Å². The molecule has 0 N–H and O–H groups in total. The van der Waals surface area contributed by atoms with E-state index >= 15 is 0 Å². The van der Waals surface area contributed by atoms with E-state index in [-0.39, 0.29) is 0 Å². The first kappa shape index (κ1) is 25.0. The third kappa shape index (κ3) is 8.11. The Labute approximate surface area is 194 Å². The van der Waals surface area contributed by atoms with Crippen LogP contribution in [0.5, 0.6) is 0 Å². The van der Waals surface area contributed by atoms with Crippen molar-refractivity contribution in [2.75, 3.05) is 0 Å². The minimum atomic E-state index is 0.526. The molecule has 2 aromatic carbocycles. The highest BCUT2D eigenvalue weighted by Gasteiger charge is 2.00. The highest BCUT2D eigenvalue weighted by atomic mass is 14.7. The van der Waals surface area contributed by atoms with Gasteiger partial charge in [-0.05, 0) is 84.4 Å². The maximum absolute atomic E-state index is 4.60. The van der Waals surface area contributed by atoms with Gasteiger partial charge < -0.3 is 0 Å². The summed E-state index contributed by atoms with van der Waals surface area (Å²) in [5.41, 5.74) is 6.71. The van der Waals surface area contributed by atoms with Crippen LogP contribution in [-0.2, 0) is 0 Å². The fourth-order valence-corrected chi connectivity index (χ4v) is 3.15. The summed E-state index contributed by atoms with van der Waals surface area (Å²) < 4.78 is 0. The molecule has 0 aliphatic heterocycles. The zero-order valence-corrected chi connectivity index (χ0v) is 20.3. The van der Waals surface area contributed by atoms with Crippen LogP contribution in [0.15, 0.2) is 106 Å². The quantitative estimate of drug-likeness (QED) is 0.283. The lowest BCUT2D eigenvalue weighted by atomic mass is 10.0. The molecule has 0 fully saturated rings. The first-order valence-electron chi connectivity index (χ1n) is 11.4. The van der Waals surface area contributed by atoms with Crippen LogP contribution in [0.3, 0.4) is 0 Å². The number of allylic oxidation sites excluding steroid dienone is 8. The molecule has 0 unspecified atom stereocenters. The molecule has 0 atom stereocenters. The third-order valence-corrected chi connectivity index (χ3v) is 5.10. The van der Waals surface area contributed by atoms with E-state index in [1.807, 2.05) is 50.6 Å². The molecule has 2 aromatic rings. The molecule has 0 aliphatic rings. The van der Waals surface area contributed by atoms with Crippen LogP contribution in [-0.4, -0.2) is 12.4 Å². The van der Waals surface area contributed by atoms with Gasteiger partial charge in [0.1, 0.15) is 0 Å². The van der Waals surface area contributed by atoms with Crippen LogP contribution in [0.1, 0.15) is 64.5 Å². The van der Waals surface area contributed by atoms with Crippen LogP contribution < -0.4 is 0 Å². The fraction of sp³-hybridized carbons (Fsp3) is 0.267. The van der Waals surface area contributed by atoms with Gasteiger partial charge in [0, 0.05) is 12.4 Å². The van der Waals surface area contributed by atoms with Crippen molar-refractivity contribution >= 4 is 23.8 Å². The smallest absolute Gasteiger partial charge is 0.0629 e. The average Bonchev–Trinajstić information content (AvgIpc) is 2.78. The summed E-state index contributed by atoms with van der Waals surface area (Å²) in [7, 11) is 0. The molecule has 0 spiro atoms. The molecule has 0 radical (unpaired) electrons. The summed E-state index contributed by atoms with van der Waals surface area (Å²) in [6.45, 7) is 12.8. The number of nitrogens with zero attached hydrogens (tertiary/aromatic N) is 2. The molecule has 0 bridgehead atoms. The maximum Gasteiger partial charge on any atom is 0.0629 e. The molecule has 0 aromatic heterocycles. The van der Waals surface area contributed by atoms with Crippen molar-refractivity contribution < 1.29 is 0 Å². The van der Waals surface area contributed by atoms with Gasteiger partial charge in [0.15, 0.2) is 0 Å². The van der Waals surface area contributed by atoms with Crippen LogP contribution in [0.4, 0.5) is 11.4 Å². The second-order valence-corrected chi connectivity index (χ2v) is 8.29. The van der Waals surface area contributed by atoms with E-state index in [0.717, 1.165) is 22.5 Å². The standard InChI is InChI=1S/C30H36N2/c1-7-9-27(19-21-31-29-15-11-25(12-16-29)23(3)4)28(10-8-2)20-22-32-30-17-13-26(14-18-30)24(5)6/h7-24H,1-6H3/b9-7-,10-8-,27-19-,28-20+,31-21?,32-22?. The van der Waals surface area contributed by atoms with Gasteiger partial charge in [0.2, 0.25) is 0 Å². The van der Waals surface area contributed by atoms with Gasteiger partial charge in [-0.3, -0.25) is 9.98 Å². The predicted octanol–water partition coefficient (Wildman–Crippen LogP) is 9.04. The Morgan fingerprint density at radius 2 is 0.938 bits per heavy atom. The topological polar surface area (TPSA) is 24.7 Å².